The molecule has 0 N–H and O–H groups in total. The molecule has 0 saturated heterocycles. The van der Waals surface area contributed by atoms with Crippen LogP contribution in [-0.2, 0) is 0 Å². The summed E-state index contributed by atoms with van der Waals surface area (Å²) in [5.74, 6) is 0.953. The molecule has 3 heteroatoms. The number of methoxy groups -OCH3 is 1. The number of hydrogen-bond acceptors (Lipinski definition) is 1. The summed E-state index contributed by atoms with van der Waals surface area (Å²) in [4.78, 5) is 0. The zero-order valence-corrected chi connectivity index (χ0v) is 23.7. The Labute approximate surface area is 181 Å². The third-order valence-corrected chi connectivity index (χ3v) is 24.8. The molecule has 1 aromatic rings. The second-order valence-corrected chi connectivity index (χ2v) is 28.7. The Morgan fingerprint density at radius 3 is 1.68 bits per heavy atom. The summed E-state index contributed by atoms with van der Waals surface area (Å²) >= 11 is -2.16. The van der Waals surface area contributed by atoms with Gasteiger partial charge in [-0.05, 0) is 0 Å². The molecule has 0 aliphatic heterocycles. The van der Waals surface area contributed by atoms with Gasteiger partial charge in [0.15, 0.2) is 0 Å². The first-order valence-electron chi connectivity index (χ1n) is 11.7. The Bertz CT molecular complexity index is 549. The van der Waals surface area contributed by atoms with Crippen LogP contribution in [0.1, 0.15) is 64.9 Å². The monoisotopic (exact) mass is 510 g/mol. The van der Waals surface area contributed by atoms with Crippen LogP contribution >= 0.6 is 0 Å². The number of rotatable bonds is 14. The fraction of sp³-hybridized carbons (Fsp3) is 0.680. The Hall–Kier alpha value is -0.224. The topological polar surface area (TPSA) is 9.23 Å². The van der Waals surface area contributed by atoms with Gasteiger partial charge in [-0.1, -0.05) is 0 Å². The molecule has 0 fully saturated rings. The van der Waals surface area contributed by atoms with E-state index in [0.29, 0.717) is 0 Å². The van der Waals surface area contributed by atoms with Crippen molar-refractivity contribution in [3.8, 4) is 5.75 Å². The number of hydrogen-bond donors (Lipinski definition) is 0. The van der Waals surface area contributed by atoms with Gasteiger partial charge in [0.2, 0.25) is 0 Å². The number of ether oxygens (including phenoxy) is 1. The van der Waals surface area contributed by atoms with E-state index >= 15 is 0 Å². The van der Waals surface area contributed by atoms with Gasteiger partial charge in [-0.15, -0.1) is 0 Å². The molecule has 0 aliphatic rings. The van der Waals surface area contributed by atoms with Gasteiger partial charge in [-0.2, -0.15) is 0 Å². The van der Waals surface area contributed by atoms with Crippen LogP contribution in [0.4, 0.5) is 0 Å². The summed E-state index contributed by atoms with van der Waals surface area (Å²) < 4.78 is 11.7. The summed E-state index contributed by atoms with van der Waals surface area (Å²) in [6.45, 7) is 14.8. The number of unbranched alkanes of at least 4 members (excludes halogenated alkanes) is 3. The molecular weight excluding hydrogens is 463 g/mol. The van der Waals surface area contributed by atoms with Crippen LogP contribution in [0.3, 0.4) is 0 Å². The molecule has 160 valence electrons. The van der Waals surface area contributed by atoms with Crippen molar-refractivity contribution < 1.29 is 4.74 Å². The first-order valence-corrected chi connectivity index (χ1v) is 23.2. The van der Waals surface area contributed by atoms with Crippen LogP contribution < -0.4 is 4.74 Å². The zero-order valence-electron chi connectivity index (χ0n) is 19.9. The van der Waals surface area contributed by atoms with Gasteiger partial charge in [-0.25, -0.2) is 0 Å². The molecule has 0 aromatic heterocycles. The van der Waals surface area contributed by atoms with E-state index in [-0.39, 0.29) is 0 Å². The Kier molecular flexibility index (Phi) is 12.1. The minimum absolute atomic E-state index is 0.953. The summed E-state index contributed by atoms with van der Waals surface area (Å²) in [5.41, 5.74) is 1.36. The van der Waals surface area contributed by atoms with E-state index in [1.54, 1.807) is 20.4 Å². The molecule has 0 radical (unpaired) electrons. The van der Waals surface area contributed by atoms with Gasteiger partial charge in [0.05, 0.1) is 0 Å². The molecule has 0 heterocycles. The standard InChI is InChI=1S/C13H19OSi.3C4H9.Sn/c1-11(15(3,4)5)10-12-6-8-13(14-2)9-7-12;3*1-3-4-2;/h6-10H,1H2,2-5H3;3*1,3-4H2,2H3;/b11-10+;;;;. The van der Waals surface area contributed by atoms with Crippen LogP contribution in [0.15, 0.2) is 29.5 Å². The Morgan fingerprint density at radius 1 is 0.857 bits per heavy atom. The minimum atomic E-state index is -2.16. The second kappa shape index (κ2) is 13.2. The molecule has 1 nitrogen and oxygen atoms in total. The maximum atomic E-state index is 5.35. The zero-order chi connectivity index (χ0) is 21.0. The van der Waals surface area contributed by atoms with Crippen molar-refractivity contribution in [3.63, 3.8) is 0 Å². The molecule has 1 aromatic carbocycles. The van der Waals surface area contributed by atoms with Crippen LogP contribution in [0.25, 0.3) is 6.08 Å². The molecule has 1 rings (SSSR count). The molecule has 0 spiro atoms. The quantitative estimate of drug-likeness (QED) is 0.228. The fourth-order valence-electron chi connectivity index (χ4n) is 4.13. The van der Waals surface area contributed by atoms with Gasteiger partial charge in [0, 0.05) is 0 Å². The van der Waals surface area contributed by atoms with E-state index in [0.717, 1.165) is 5.75 Å². The number of benzene rings is 1. The molecule has 0 saturated carbocycles. The van der Waals surface area contributed by atoms with E-state index in [4.69, 9.17) is 4.74 Å². The van der Waals surface area contributed by atoms with Crippen LogP contribution in [0, 0.1) is 0 Å². The Morgan fingerprint density at radius 2 is 1.32 bits per heavy atom. The third kappa shape index (κ3) is 9.07. The molecule has 0 atom stereocenters. The SMILES string of the molecule is CCC[CH2][Sn]([CH2]CCC)([CH2]CCC)[CH2]/C(=C\c1ccc(OC)cc1)[Si](C)(C)C. The van der Waals surface area contributed by atoms with Crippen molar-refractivity contribution in [3.05, 3.63) is 35.0 Å². The van der Waals surface area contributed by atoms with E-state index in [2.05, 4.69) is 70.8 Å². The molecule has 0 amide bonds. The molecule has 0 aliphatic carbocycles. The Balaban J connectivity index is 3.23. The predicted octanol–water partition coefficient (Wildman–Crippen LogP) is 8.81. The normalized spacial score (nSPS) is 13.0. The van der Waals surface area contributed by atoms with Crippen LogP contribution in [-0.4, -0.2) is 33.6 Å². The van der Waals surface area contributed by atoms with Crippen molar-refractivity contribution in [2.45, 2.75) is 96.7 Å². The van der Waals surface area contributed by atoms with Crippen molar-refractivity contribution in [2.24, 2.45) is 0 Å². The third-order valence-electron chi connectivity index (χ3n) is 6.17. The average Bonchev–Trinajstić information content (AvgIpc) is 2.68. The van der Waals surface area contributed by atoms with Crippen LogP contribution in [0.5, 0.6) is 5.75 Å². The summed E-state index contributed by atoms with van der Waals surface area (Å²) in [6.07, 6.45) is 11.0. The summed E-state index contributed by atoms with van der Waals surface area (Å²) in [6, 6.07) is 8.69. The van der Waals surface area contributed by atoms with Gasteiger partial charge >= 0.3 is 182 Å². The molecule has 0 unspecified atom stereocenters. The van der Waals surface area contributed by atoms with Gasteiger partial charge in [-0.3, -0.25) is 0 Å². The van der Waals surface area contributed by atoms with Crippen molar-refractivity contribution in [1.82, 2.24) is 0 Å². The molecule has 28 heavy (non-hydrogen) atoms. The van der Waals surface area contributed by atoms with Gasteiger partial charge < -0.3 is 0 Å². The van der Waals surface area contributed by atoms with E-state index in [1.165, 1.54) is 48.5 Å². The van der Waals surface area contributed by atoms with E-state index in [9.17, 15) is 0 Å². The fourth-order valence-corrected chi connectivity index (χ4v) is 28.0. The summed E-state index contributed by atoms with van der Waals surface area (Å²) in [5, 5.41) is 1.83. The molecular formula is C25H46OSiSn. The van der Waals surface area contributed by atoms with E-state index < -0.39 is 26.5 Å². The first-order chi connectivity index (χ1) is 13.3. The van der Waals surface area contributed by atoms with E-state index in [1.807, 2.05) is 5.20 Å². The van der Waals surface area contributed by atoms with Gasteiger partial charge in [0.25, 0.3) is 0 Å². The first kappa shape index (κ1) is 25.8. The number of allylic oxidation sites excluding steroid dienone is 1. The van der Waals surface area contributed by atoms with Crippen molar-refractivity contribution >= 4 is 32.5 Å². The summed E-state index contributed by atoms with van der Waals surface area (Å²) in [7, 11) is 0.410. The predicted molar refractivity (Wildman–Crippen MR) is 134 cm³/mol. The van der Waals surface area contributed by atoms with Crippen molar-refractivity contribution in [2.75, 3.05) is 7.11 Å². The average molecular weight is 509 g/mol. The second-order valence-electron chi connectivity index (χ2n) is 9.68. The van der Waals surface area contributed by atoms with Crippen molar-refractivity contribution in [1.29, 1.82) is 0 Å². The van der Waals surface area contributed by atoms with Crippen LogP contribution in [0.2, 0.25) is 37.4 Å². The molecule has 0 bridgehead atoms. The maximum absolute atomic E-state index is 5.35. The van der Waals surface area contributed by atoms with Gasteiger partial charge in [0.1, 0.15) is 0 Å².